The summed E-state index contributed by atoms with van der Waals surface area (Å²) in [4.78, 5) is 29.6. The van der Waals surface area contributed by atoms with Crippen molar-refractivity contribution in [2.24, 2.45) is 4.99 Å². The number of anilines is 1. The summed E-state index contributed by atoms with van der Waals surface area (Å²) in [5, 5.41) is 1.95. The maximum Gasteiger partial charge on any atom is 0.286 e. The topological polar surface area (TPSA) is 52.0 Å². The van der Waals surface area contributed by atoms with Crippen LogP contribution in [0, 0.1) is 6.92 Å². The maximum atomic E-state index is 12.6. The van der Waals surface area contributed by atoms with E-state index in [1.54, 1.807) is 0 Å². The first-order valence-electron chi connectivity index (χ1n) is 13.8. The van der Waals surface area contributed by atoms with Crippen molar-refractivity contribution < 1.29 is 4.79 Å². The fourth-order valence-electron chi connectivity index (χ4n) is 5.80. The molecule has 3 aliphatic heterocycles. The van der Waals surface area contributed by atoms with E-state index in [1.165, 1.54) is 54.4 Å². The van der Waals surface area contributed by atoms with E-state index in [2.05, 4.69) is 74.9 Å². The molecule has 3 aliphatic rings. The lowest BCUT2D eigenvalue weighted by atomic mass is 9.97. The number of aryl methyl sites for hydroxylation is 1. The summed E-state index contributed by atoms with van der Waals surface area (Å²) in [5.41, 5.74) is 6.95. The number of aliphatic imine (C=N–C) groups is 1. The number of carbonyl (C=O) groups is 1. The highest BCUT2D eigenvalue weighted by molar-refractivity contribution is 8.18. The molecule has 6 nitrogen and oxygen atoms in total. The van der Waals surface area contributed by atoms with Gasteiger partial charge in [-0.3, -0.25) is 14.7 Å². The monoisotopic (exact) mass is 525 g/mol. The Morgan fingerprint density at radius 3 is 2.53 bits per heavy atom. The minimum Gasteiger partial charge on any atom is -0.369 e. The van der Waals surface area contributed by atoms with Crippen molar-refractivity contribution in [3.05, 3.63) is 64.7 Å². The van der Waals surface area contributed by atoms with Gasteiger partial charge in [0.15, 0.2) is 5.17 Å². The minimum absolute atomic E-state index is 0.134. The number of aromatic nitrogens is 1. The Kier molecular flexibility index (Phi) is 7.22. The van der Waals surface area contributed by atoms with Crippen LogP contribution < -0.4 is 4.90 Å². The molecule has 1 amide bonds. The predicted molar refractivity (Wildman–Crippen MR) is 160 cm³/mol. The molecule has 196 valence electrons. The van der Waals surface area contributed by atoms with Gasteiger partial charge in [0, 0.05) is 56.5 Å². The Morgan fingerprint density at radius 2 is 1.76 bits per heavy atom. The molecule has 0 radical (unpaired) electrons. The van der Waals surface area contributed by atoms with Gasteiger partial charge in [-0.25, -0.2) is 0 Å². The SMILES string of the molecule is CCCN1CCN(c2ccc(-c3ccnc4ccc(/C=C5\SC(N6CCCC6)=NC5=O)cc34)cc2C)CC1. The Bertz CT molecular complexity index is 1420. The largest absolute Gasteiger partial charge is 0.369 e. The van der Waals surface area contributed by atoms with Crippen LogP contribution in [0.5, 0.6) is 0 Å². The number of fused-ring (bicyclic) bond motifs is 1. The number of benzene rings is 2. The maximum absolute atomic E-state index is 12.6. The fraction of sp³-hybridized carbons (Fsp3) is 0.387. The lowest BCUT2D eigenvalue weighted by molar-refractivity contribution is -0.113. The molecule has 3 aromatic rings. The van der Waals surface area contributed by atoms with Crippen LogP contribution in [0.1, 0.15) is 37.3 Å². The summed E-state index contributed by atoms with van der Waals surface area (Å²) in [6, 6.07) is 15.2. The van der Waals surface area contributed by atoms with Crippen LogP contribution in [0.25, 0.3) is 28.1 Å². The molecular formula is C31H35N5OS. The Labute approximate surface area is 229 Å². The summed E-state index contributed by atoms with van der Waals surface area (Å²) < 4.78 is 0. The molecule has 0 aliphatic carbocycles. The van der Waals surface area contributed by atoms with Crippen LogP contribution in [0.3, 0.4) is 0 Å². The van der Waals surface area contributed by atoms with Crippen LogP contribution in [-0.4, -0.2) is 71.7 Å². The molecule has 4 heterocycles. The van der Waals surface area contributed by atoms with Crippen LogP contribution in [-0.2, 0) is 4.79 Å². The lowest BCUT2D eigenvalue weighted by Gasteiger charge is -2.36. The summed E-state index contributed by atoms with van der Waals surface area (Å²) in [6.45, 7) is 12.1. The third-order valence-electron chi connectivity index (χ3n) is 7.81. The highest BCUT2D eigenvalue weighted by Gasteiger charge is 2.27. The Morgan fingerprint density at radius 1 is 0.947 bits per heavy atom. The first kappa shape index (κ1) is 25.1. The number of amides is 1. The minimum atomic E-state index is -0.134. The van der Waals surface area contributed by atoms with Crippen molar-refractivity contribution in [3.8, 4) is 11.1 Å². The van der Waals surface area contributed by atoms with E-state index in [4.69, 9.17) is 0 Å². The number of rotatable bonds is 5. The van der Waals surface area contributed by atoms with E-state index in [0.717, 1.165) is 66.5 Å². The Hall–Kier alpha value is -3.16. The zero-order chi connectivity index (χ0) is 26.1. The van der Waals surface area contributed by atoms with Crippen LogP contribution in [0.15, 0.2) is 58.6 Å². The average Bonchev–Trinajstić information content (AvgIpc) is 3.59. The molecular weight excluding hydrogens is 490 g/mol. The highest BCUT2D eigenvalue weighted by Crippen LogP contribution is 2.35. The predicted octanol–water partition coefficient (Wildman–Crippen LogP) is 5.81. The molecule has 38 heavy (non-hydrogen) atoms. The van der Waals surface area contributed by atoms with Gasteiger partial charge >= 0.3 is 0 Å². The van der Waals surface area contributed by atoms with Gasteiger partial charge in [-0.1, -0.05) is 19.1 Å². The zero-order valence-corrected chi connectivity index (χ0v) is 23.1. The first-order chi connectivity index (χ1) is 18.6. The number of pyridine rings is 1. The van der Waals surface area contributed by atoms with E-state index < -0.39 is 0 Å². The number of piperazine rings is 1. The molecule has 2 saturated heterocycles. The molecule has 0 spiro atoms. The van der Waals surface area contributed by atoms with Gasteiger partial charge < -0.3 is 9.80 Å². The van der Waals surface area contributed by atoms with Crippen molar-refractivity contribution in [1.29, 1.82) is 0 Å². The molecule has 1 aromatic heterocycles. The number of hydrogen-bond donors (Lipinski definition) is 0. The fourth-order valence-corrected chi connectivity index (χ4v) is 6.77. The molecule has 0 N–H and O–H groups in total. The third kappa shape index (κ3) is 5.09. The lowest BCUT2D eigenvalue weighted by Crippen LogP contribution is -2.46. The first-order valence-corrected chi connectivity index (χ1v) is 14.7. The number of hydrogen-bond acceptors (Lipinski definition) is 6. The van der Waals surface area contributed by atoms with Crippen molar-refractivity contribution in [3.63, 3.8) is 0 Å². The number of likely N-dealkylation sites (tertiary alicyclic amines) is 1. The van der Waals surface area contributed by atoms with Gasteiger partial charge in [0.2, 0.25) is 0 Å². The van der Waals surface area contributed by atoms with E-state index in [-0.39, 0.29) is 5.91 Å². The second-order valence-corrected chi connectivity index (χ2v) is 11.5. The van der Waals surface area contributed by atoms with E-state index in [0.29, 0.717) is 4.91 Å². The van der Waals surface area contributed by atoms with E-state index in [9.17, 15) is 4.79 Å². The van der Waals surface area contributed by atoms with Crippen molar-refractivity contribution >= 4 is 45.5 Å². The molecule has 0 bridgehead atoms. The van der Waals surface area contributed by atoms with Gasteiger partial charge in [-0.15, -0.1) is 0 Å². The van der Waals surface area contributed by atoms with Gasteiger partial charge in [0.05, 0.1) is 10.4 Å². The molecule has 7 heteroatoms. The molecule has 0 atom stereocenters. The van der Waals surface area contributed by atoms with Crippen LogP contribution >= 0.6 is 11.8 Å². The van der Waals surface area contributed by atoms with Gasteiger partial charge in [0.25, 0.3) is 5.91 Å². The van der Waals surface area contributed by atoms with Crippen LogP contribution in [0.2, 0.25) is 0 Å². The number of thioether (sulfide) groups is 1. The number of carbonyl (C=O) groups excluding carboxylic acids is 1. The summed E-state index contributed by atoms with van der Waals surface area (Å²) in [7, 11) is 0. The second kappa shape index (κ2) is 10.9. The van der Waals surface area contributed by atoms with E-state index >= 15 is 0 Å². The summed E-state index contributed by atoms with van der Waals surface area (Å²) in [5.74, 6) is -0.134. The zero-order valence-electron chi connectivity index (χ0n) is 22.3. The van der Waals surface area contributed by atoms with Gasteiger partial charge in [-0.05, 0) is 103 Å². The van der Waals surface area contributed by atoms with Crippen molar-refractivity contribution in [2.45, 2.75) is 33.1 Å². The van der Waals surface area contributed by atoms with Gasteiger partial charge in [0.1, 0.15) is 0 Å². The summed E-state index contributed by atoms with van der Waals surface area (Å²) >= 11 is 1.50. The van der Waals surface area contributed by atoms with E-state index in [1.807, 2.05) is 18.3 Å². The average molecular weight is 526 g/mol. The van der Waals surface area contributed by atoms with Crippen molar-refractivity contribution in [2.75, 3.05) is 50.7 Å². The molecule has 2 aromatic carbocycles. The quantitative estimate of drug-likeness (QED) is 0.392. The summed E-state index contributed by atoms with van der Waals surface area (Å²) in [6.07, 6.45) is 7.42. The van der Waals surface area contributed by atoms with Crippen molar-refractivity contribution in [1.82, 2.24) is 14.8 Å². The van der Waals surface area contributed by atoms with Crippen LogP contribution in [0.4, 0.5) is 5.69 Å². The molecule has 2 fully saturated rings. The molecule has 0 unspecified atom stereocenters. The Balaban J connectivity index is 1.26. The second-order valence-electron chi connectivity index (χ2n) is 10.5. The standard InChI is InChI=1S/C31H35N5OS/c1-3-12-34-15-17-35(18-16-34)28-9-7-24(19-22(28)2)25-10-11-32-27-8-6-23(20-26(25)27)21-29-30(37)33-31(38-29)36-13-4-5-14-36/h6-11,19-21H,3-5,12-18H2,1-2H3/b29-21-. The van der Waals surface area contributed by atoms with Gasteiger partial charge in [-0.2, -0.15) is 4.99 Å². The molecule has 0 saturated carbocycles. The smallest absolute Gasteiger partial charge is 0.286 e. The highest BCUT2D eigenvalue weighted by atomic mass is 32.2. The number of amidine groups is 1. The third-order valence-corrected chi connectivity index (χ3v) is 8.85. The number of nitrogens with zero attached hydrogens (tertiary/aromatic N) is 5. The molecule has 6 rings (SSSR count). The normalized spacial score (nSPS) is 19.7.